The summed E-state index contributed by atoms with van der Waals surface area (Å²) < 4.78 is 0.288. The SMILES string of the molecule is Nc1[nH]c(=S)nc2c1C1CCCN1C(=O)N2c1ccccc1. The lowest BCUT2D eigenvalue weighted by molar-refractivity contribution is 0.198. The van der Waals surface area contributed by atoms with Crippen molar-refractivity contribution in [1.82, 2.24) is 14.9 Å². The van der Waals surface area contributed by atoms with Gasteiger partial charge in [0.15, 0.2) is 10.6 Å². The summed E-state index contributed by atoms with van der Waals surface area (Å²) in [6.07, 6.45) is 1.87. The number of aromatic nitrogens is 2. The molecule has 22 heavy (non-hydrogen) atoms. The smallest absolute Gasteiger partial charge is 0.330 e. The second kappa shape index (κ2) is 4.81. The van der Waals surface area contributed by atoms with Crippen LogP contribution in [0, 0.1) is 4.77 Å². The molecular weight excluding hydrogens is 298 g/mol. The second-order valence-electron chi connectivity index (χ2n) is 5.50. The zero-order valence-electron chi connectivity index (χ0n) is 11.8. The fourth-order valence-corrected chi connectivity index (χ4v) is 3.51. The zero-order valence-corrected chi connectivity index (χ0v) is 12.6. The first-order valence-corrected chi connectivity index (χ1v) is 7.63. The van der Waals surface area contributed by atoms with E-state index in [-0.39, 0.29) is 16.8 Å². The number of urea groups is 1. The maximum absolute atomic E-state index is 12.9. The maximum atomic E-state index is 12.9. The molecule has 2 aliphatic rings. The number of nitrogen functional groups attached to an aromatic ring is 1. The van der Waals surface area contributed by atoms with Gasteiger partial charge in [-0.05, 0) is 37.2 Å². The third-order valence-corrected chi connectivity index (χ3v) is 4.42. The van der Waals surface area contributed by atoms with Crippen LogP contribution in [0.3, 0.4) is 0 Å². The summed E-state index contributed by atoms with van der Waals surface area (Å²) in [5.41, 5.74) is 7.80. The molecule has 0 bridgehead atoms. The Morgan fingerprint density at radius 1 is 1.32 bits per heavy atom. The highest BCUT2D eigenvalue weighted by Crippen LogP contribution is 2.45. The summed E-state index contributed by atoms with van der Waals surface area (Å²) in [4.78, 5) is 23.7. The Hall–Kier alpha value is -2.41. The number of rotatable bonds is 1. The van der Waals surface area contributed by atoms with E-state index in [1.807, 2.05) is 35.2 Å². The number of fused-ring (bicyclic) bond motifs is 3. The molecule has 0 radical (unpaired) electrons. The van der Waals surface area contributed by atoms with Crippen molar-refractivity contribution in [3.05, 3.63) is 40.7 Å². The maximum Gasteiger partial charge on any atom is 0.330 e. The van der Waals surface area contributed by atoms with Crippen LogP contribution in [0.5, 0.6) is 0 Å². The first kappa shape index (κ1) is 13.3. The molecule has 1 fully saturated rings. The van der Waals surface area contributed by atoms with Gasteiger partial charge in [0, 0.05) is 6.54 Å². The summed E-state index contributed by atoms with van der Waals surface area (Å²) >= 11 is 5.15. The van der Waals surface area contributed by atoms with Gasteiger partial charge in [-0.3, -0.25) is 0 Å². The quantitative estimate of drug-likeness (QED) is 0.793. The van der Waals surface area contributed by atoms with Crippen LogP contribution in [0.4, 0.5) is 22.1 Å². The number of para-hydroxylation sites is 1. The molecule has 4 rings (SSSR count). The fourth-order valence-electron chi connectivity index (χ4n) is 3.31. The minimum Gasteiger partial charge on any atom is -0.385 e. The van der Waals surface area contributed by atoms with E-state index in [1.54, 1.807) is 4.90 Å². The summed E-state index contributed by atoms with van der Waals surface area (Å²) in [6.45, 7) is 0.737. The number of aromatic amines is 1. The second-order valence-corrected chi connectivity index (χ2v) is 5.88. The van der Waals surface area contributed by atoms with Crippen molar-refractivity contribution in [2.75, 3.05) is 17.2 Å². The van der Waals surface area contributed by atoms with Crippen molar-refractivity contribution >= 4 is 35.6 Å². The van der Waals surface area contributed by atoms with Crippen molar-refractivity contribution in [2.45, 2.75) is 18.9 Å². The number of carbonyl (C=O) groups is 1. The third kappa shape index (κ3) is 1.82. The standard InChI is InChI=1S/C15H15N5OS/c16-12-11-10-7-4-8-19(10)15(21)20(9-5-2-1-3-6-9)13(11)18-14(22)17-12/h1-3,5-6,10H,4,7-8H2,(H3,16,17,18,22). The lowest BCUT2D eigenvalue weighted by Crippen LogP contribution is -2.45. The first-order chi connectivity index (χ1) is 10.7. The molecule has 1 aromatic carbocycles. The third-order valence-electron chi connectivity index (χ3n) is 4.23. The van der Waals surface area contributed by atoms with Gasteiger partial charge in [0.25, 0.3) is 0 Å². The number of hydrogen-bond acceptors (Lipinski definition) is 4. The minimum atomic E-state index is -0.0614. The molecule has 3 heterocycles. The topological polar surface area (TPSA) is 78.2 Å². The van der Waals surface area contributed by atoms with Crippen molar-refractivity contribution < 1.29 is 4.79 Å². The molecule has 0 spiro atoms. The molecule has 2 amide bonds. The van der Waals surface area contributed by atoms with Gasteiger partial charge in [-0.15, -0.1) is 0 Å². The molecule has 0 aliphatic carbocycles. The van der Waals surface area contributed by atoms with Crippen LogP contribution in [0.25, 0.3) is 0 Å². The van der Waals surface area contributed by atoms with Crippen LogP contribution in [-0.2, 0) is 0 Å². The fraction of sp³-hybridized carbons (Fsp3) is 0.267. The van der Waals surface area contributed by atoms with E-state index in [9.17, 15) is 4.79 Å². The Kier molecular flexibility index (Phi) is 2.90. The number of nitrogens with one attached hydrogen (secondary N) is 1. The summed E-state index contributed by atoms with van der Waals surface area (Å²) in [6, 6.07) is 9.40. The molecule has 2 aromatic rings. The Morgan fingerprint density at radius 2 is 2.09 bits per heavy atom. The molecule has 3 N–H and O–H groups in total. The van der Waals surface area contributed by atoms with E-state index in [0.717, 1.165) is 30.6 Å². The molecule has 1 saturated heterocycles. The van der Waals surface area contributed by atoms with E-state index >= 15 is 0 Å². The Labute approximate surface area is 132 Å². The average molecular weight is 313 g/mol. The van der Waals surface area contributed by atoms with E-state index in [2.05, 4.69) is 9.97 Å². The normalized spacial score (nSPS) is 20.0. The molecule has 1 aromatic heterocycles. The molecular formula is C15H15N5OS. The average Bonchev–Trinajstić information content (AvgIpc) is 2.97. The molecule has 2 aliphatic heterocycles. The summed E-state index contributed by atoms with van der Waals surface area (Å²) in [5, 5.41) is 0. The first-order valence-electron chi connectivity index (χ1n) is 7.22. The molecule has 6 nitrogen and oxygen atoms in total. The Morgan fingerprint density at radius 3 is 2.86 bits per heavy atom. The number of nitrogens with two attached hydrogens (primary N) is 1. The monoisotopic (exact) mass is 313 g/mol. The molecule has 0 saturated carbocycles. The minimum absolute atomic E-state index is 0.0122. The number of carbonyl (C=O) groups excluding carboxylic acids is 1. The number of H-pyrrole nitrogens is 1. The van der Waals surface area contributed by atoms with Gasteiger partial charge < -0.3 is 15.6 Å². The van der Waals surface area contributed by atoms with Gasteiger partial charge in [-0.2, -0.15) is 0 Å². The number of benzene rings is 1. The summed E-state index contributed by atoms with van der Waals surface area (Å²) in [7, 11) is 0. The highest BCUT2D eigenvalue weighted by molar-refractivity contribution is 7.71. The number of anilines is 3. The van der Waals surface area contributed by atoms with E-state index in [4.69, 9.17) is 18.0 Å². The largest absolute Gasteiger partial charge is 0.385 e. The molecule has 1 atom stereocenters. The molecule has 7 heteroatoms. The van der Waals surface area contributed by atoms with Crippen LogP contribution in [0.2, 0.25) is 0 Å². The Bertz CT molecular complexity index is 803. The van der Waals surface area contributed by atoms with Crippen molar-refractivity contribution in [3.63, 3.8) is 0 Å². The van der Waals surface area contributed by atoms with Gasteiger partial charge in [0.05, 0.1) is 17.3 Å². The van der Waals surface area contributed by atoms with Crippen molar-refractivity contribution in [2.24, 2.45) is 0 Å². The predicted octanol–water partition coefficient (Wildman–Crippen LogP) is 3.13. The van der Waals surface area contributed by atoms with Gasteiger partial charge in [-0.1, -0.05) is 18.2 Å². The lowest BCUT2D eigenvalue weighted by Gasteiger charge is -2.38. The predicted molar refractivity (Wildman–Crippen MR) is 86.5 cm³/mol. The van der Waals surface area contributed by atoms with Crippen LogP contribution < -0.4 is 10.6 Å². The van der Waals surface area contributed by atoms with Crippen molar-refractivity contribution in [3.8, 4) is 0 Å². The van der Waals surface area contributed by atoms with Crippen molar-refractivity contribution in [1.29, 1.82) is 0 Å². The zero-order chi connectivity index (χ0) is 15.3. The van der Waals surface area contributed by atoms with E-state index in [0.29, 0.717) is 11.6 Å². The van der Waals surface area contributed by atoms with E-state index < -0.39 is 0 Å². The number of nitrogens with zero attached hydrogens (tertiary/aromatic N) is 3. The van der Waals surface area contributed by atoms with Crippen LogP contribution in [-0.4, -0.2) is 27.4 Å². The van der Waals surface area contributed by atoms with Gasteiger partial charge in [0.2, 0.25) is 0 Å². The summed E-state index contributed by atoms with van der Waals surface area (Å²) in [5.74, 6) is 1.06. The number of hydrogen-bond donors (Lipinski definition) is 2. The Balaban J connectivity index is 1.99. The molecule has 112 valence electrons. The van der Waals surface area contributed by atoms with Crippen LogP contribution in [0.1, 0.15) is 24.4 Å². The number of amides is 2. The van der Waals surface area contributed by atoms with Crippen LogP contribution >= 0.6 is 12.2 Å². The lowest BCUT2D eigenvalue weighted by atomic mass is 10.0. The van der Waals surface area contributed by atoms with Gasteiger partial charge in [-0.25, -0.2) is 14.7 Å². The highest BCUT2D eigenvalue weighted by atomic mass is 32.1. The molecule has 1 unspecified atom stereocenters. The highest BCUT2D eigenvalue weighted by Gasteiger charge is 2.43. The van der Waals surface area contributed by atoms with Gasteiger partial charge in [0.1, 0.15) is 5.82 Å². The van der Waals surface area contributed by atoms with Crippen LogP contribution in [0.15, 0.2) is 30.3 Å². The van der Waals surface area contributed by atoms with E-state index in [1.165, 1.54) is 0 Å². The van der Waals surface area contributed by atoms with Gasteiger partial charge >= 0.3 is 6.03 Å².